The summed E-state index contributed by atoms with van der Waals surface area (Å²) in [7, 11) is 0. The molecule has 0 aromatic heterocycles. The number of amides is 1. The van der Waals surface area contributed by atoms with Crippen molar-refractivity contribution in [1.29, 1.82) is 5.26 Å². The minimum Gasteiger partial charge on any atom is -0.454 e. The van der Waals surface area contributed by atoms with Crippen LogP contribution < -0.4 is 9.47 Å². The van der Waals surface area contributed by atoms with Crippen molar-refractivity contribution in [1.82, 2.24) is 4.90 Å². The third kappa shape index (κ3) is 4.40. The molecule has 0 spiro atoms. The normalized spacial score (nSPS) is 18.7. The van der Waals surface area contributed by atoms with E-state index in [1.807, 2.05) is 13.0 Å². The van der Waals surface area contributed by atoms with E-state index in [1.165, 1.54) is 6.08 Å². The lowest BCUT2D eigenvalue weighted by Crippen LogP contribution is -2.45. The van der Waals surface area contributed by atoms with E-state index in [4.69, 9.17) is 14.2 Å². The maximum Gasteiger partial charge on any atom is 0.349 e. The number of ether oxygens (including phenoxy) is 3. The molecule has 7 heteroatoms. The largest absolute Gasteiger partial charge is 0.454 e. The predicted molar refractivity (Wildman–Crippen MR) is 96.8 cm³/mol. The van der Waals surface area contributed by atoms with Crippen molar-refractivity contribution in [2.45, 2.75) is 38.6 Å². The molecule has 1 atom stereocenters. The predicted octanol–water partition coefficient (Wildman–Crippen LogP) is 2.66. The number of benzene rings is 1. The van der Waals surface area contributed by atoms with Gasteiger partial charge in [0.1, 0.15) is 11.6 Å². The summed E-state index contributed by atoms with van der Waals surface area (Å²) in [5.74, 6) is 0.148. The Morgan fingerprint density at radius 3 is 2.93 bits per heavy atom. The van der Waals surface area contributed by atoms with Gasteiger partial charge in [-0.3, -0.25) is 4.79 Å². The molecule has 2 aliphatic heterocycles. The summed E-state index contributed by atoms with van der Waals surface area (Å²) < 4.78 is 15.6. The van der Waals surface area contributed by atoms with Gasteiger partial charge in [-0.05, 0) is 49.5 Å². The first-order valence-corrected chi connectivity index (χ1v) is 9.10. The minimum atomic E-state index is -0.812. The van der Waals surface area contributed by atoms with Gasteiger partial charge in [0.25, 0.3) is 5.91 Å². The van der Waals surface area contributed by atoms with Gasteiger partial charge in [-0.25, -0.2) is 4.79 Å². The first-order valence-electron chi connectivity index (χ1n) is 9.10. The molecule has 1 saturated heterocycles. The van der Waals surface area contributed by atoms with Crippen molar-refractivity contribution < 1.29 is 23.8 Å². The van der Waals surface area contributed by atoms with Gasteiger partial charge in [0.15, 0.2) is 18.1 Å². The standard InChI is InChI=1S/C20H22N2O5/c1-2-16-5-3-4-8-22(16)19(23)12-25-20(24)15(11-21)9-14-6-7-17-18(10-14)27-13-26-17/h6-7,9-10,16H,2-5,8,12-13H2,1H3/b15-9+/t16-/m1/s1. The quantitative estimate of drug-likeness (QED) is 0.450. The molecule has 3 rings (SSSR count). The molecule has 0 N–H and O–H groups in total. The van der Waals surface area contributed by atoms with Crippen LogP contribution in [0.2, 0.25) is 0 Å². The molecule has 0 bridgehead atoms. The Balaban J connectivity index is 1.62. The van der Waals surface area contributed by atoms with Gasteiger partial charge in [0, 0.05) is 12.6 Å². The minimum absolute atomic E-state index is 0.146. The Hall–Kier alpha value is -3.01. The number of rotatable bonds is 5. The zero-order chi connectivity index (χ0) is 19.2. The van der Waals surface area contributed by atoms with E-state index in [0.717, 1.165) is 25.7 Å². The monoisotopic (exact) mass is 370 g/mol. The highest BCUT2D eigenvalue weighted by atomic mass is 16.7. The van der Waals surface area contributed by atoms with Crippen molar-refractivity contribution in [3.05, 3.63) is 29.3 Å². The van der Waals surface area contributed by atoms with Crippen molar-refractivity contribution in [2.24, 2.45) is 0 Å². The fraction of sp³-hybridized carbons (Fsp3) is 0.450. The van der Waals surface area contributed by atoms with Crippen LogP contribution in [0.3, 0.4) is 0 Å². The number of carbonyl (C=O) groups is 2. The van der Waals surface area contributed by atoms with Gasteiger partial charge in [-0.15, -0.1) is 0 Å². The molecule has 7 nitrogen and oxygen atoms in total. The molecule has 0 unspecified atom stereocenters. The fourth-order valence-electron chi connectivity index (χ4n) is 3.35. The van der Waals surface area contributed by atoms with Gasteiger partial charge in [0.2, 0.25) is 6.79 Å². The SMILES string of the molecule is CC[C@@H]1CCCCN1C(=O)COC(=O)/C(C#N)=C/c1ccc2c(c1)OCO2. The van der Waals surface area contributed by atoms with E-state index >= 15 is 0 Å². The summed E-state index contributed by atoms with van der Waals surface area (Å²) in [6, 6.07) is 7.13. The van der Waals surface area contributed by atoms with Crippen LogP contribution in [0.4, 0.5) is 0 Å². The van der Waals surface area contributed by atoms with Crippen LogP contribution >= 0.6 is 0 Å². The Kier molecular flexibility index (Phi) is 5.97. The van der Waals surface area contributed by atoms with Gasteiger partial charge in [0.05, 0.1) is 0 Å². The number of esters is 1. The molecule has 2 aliphatic rings. The average molecular weight is 370 g/mol. The van der Waals surface area contributed by atoms with Crippen LogP contribution in [0.15, 0.2) is 23.8 Å². The number of piperidine rings is 1. The number of nitrogens with zero attached hydrogens (tertiary/aromatic N) is 2. The zero-order valence-electron chi connectivity index (χ0n) is 15.3. The number of nitriles is 1. The second-order valence-corrected chi connectivity index (χ2v) is 6.50. The van der Waals surface area contributed by atoms with Crippen molar-refractivity contribution in [3.63, 3.8) is 0 Å². The van der Waals surface area contributed by atoms with Gasteiger partial charge in [-0.2, -0.15) is 5.26 Å². The third-order valence-corrected chi connectivity index (χ3v) is 4.79. The molecule has 142 valence electrons. The maximum atomic E-state index is 12.4. The first kappa shape index (κ1) is 18.8. The number of fused-ring (bicyclic) bond motifs is 1. The summed E-state index contributed by atoms with van der Waals surface area (Å²) in [5, 5.41) is 9.27. The van der Waals surface area contributed by atoms with Crippen LogP contribution in [-0.2, 0) is 14.3 Å². The smallest absolute Gasteiger partial charge is 0.349 e. The van der Waals surface area contributed by atoms with E-state index in [9.17, 15) is 14.9 Å². The van der Waals surface area contributed by atoms with Gasteiger partial charge >= 0.3 is 5.97 Å². The number of likely N-dealkylation sites (tertiary alicyclic amines) is 1. The summed E-state index contributed by atoms with van der Waals surface area (Å²) in [5.41, 5.74) is 0.438. The van der Waals surface area contributed by atoms with Crippen LogP contribution in [0.5, 0.6) is 11.5 Å². The third-order valence-electron chi connectivity index (χ3n) is 4.79. The lowest BCUT2D eigenvalue weighted by molar-refractivity contribution is -0.150. The Labute approximate surface area is 158 Å². The zero-order valence-corrected chi connectivity index (χ0v) is 15.3. The van der Waals surface area contributed by atoms with Crippen molar-refractivity contribution in [3.8, 4) is 17.6 Å². The first-order chi connectivity index (χ1) is 13.1. The average Bonchev–Trinajstić information content (AvgIpc) is 3.17. The van der Waals surface area contributed by atoms with E-state index in [2.05, 4.69) is 0 Å². The van der Waals surface area contributed by atoms with Gasteiger partial charge < -0.3 is 19.1 Å². The number of hydrogen-bond donors (Lipinski definition) is 0. The molecule has 0 aliphatic carbocycles. The summed E-state index contributed by atoms with van der Waals surface area (Å²) in [6.45, 7) is 2.53. The van der Waals surface area contributed by atoms with Gasteiger partial charge in [-0.1, -0.05) is 13.0 Å². The highest BCUT2D eigenvalue weighted by Gasteiger charge is 2.26. The van der Waals surface area contributed by atoms with E-state index < -0.39 is 5.97 Å². The summed E-state index contributed by atoms with van der Waals surface area (Å²) in [4.78, 5) is 26.4. The number of hydrogen-bond acceptors (Lipinski definition) is 6. The highest BCUT2D eigenvalue weighted by Crippen LogP contribution is 2.33. The Morgan fingerprint density at radius 1 is 1.33 bits per heavy atom. The van der Waals surface area contributed by atoms with Crippen LogP contribution in [0, 0.1) is 11.3 Å². The second kappa shape index (κ2) is 8.58. The summed E-state index contributed by atoms with van der Waals surface area (Å²) in [6.07, 6.45) is 5.34. The molecular formula is C20H22N2O5. The molecule has 1 aromatic carbocycles. The lowest BCUT2D eigenvalue weighted by atomic mass is 10.00. The van der Waals surface area contributed by atoms with Crippen LogP contribution in [0.1, 0.15) is 38.2 Å². The van der Waals surface area contributed by atoms with Crippen molar-refractivity contribution in [2.75, 3.05) is 19.9 Å². The molecule has 1 amide bonds. The van der Waals surface area contributed by atoms with E-state index in [1.54, 1.807) is 23.1 Å². The highest BCUT2D eigenvalue weighted by molar-refractivity contribution is 5.98. The second-order valence-electron chi connectivity index (χ2n) is 6.50. The topological polar surface area (TPSA) is 88.9 Å². The molecule has 1 fully saturated rings. The molecule has 0 radical (unpaired) electrons. The van der Waals surface area contributed by atoms with Crippen LogP contribution in [0.25, 0.3) is 6.08 Å². The summed E-state index contributed by atoms with van der Waals surface area (Å²) >= 11 is 0. The Bertz CT molecular complexity index is 796. The van der Waals surface area contributed by atoms with E-state index in [-0.39, 0.29) is 30.9 Å². The molecular weight excluding hydrogens is 348 g/mol. The van der Waals surface area contributed by atoms with Crippen molar-refractivity contribution >= 4 is 18.0 Å². The molecule has 0 saturated carbocycles. The Morgan fingerprint density at radius 2 is 2.15 bits per heavy atom. The molecule has 2 heterocycles. The fourth-order valence-corrected chi connectivity index (χ4v) is 3.35. The van der Waals surface area contributed by atoms with Crippen LogP contribution in [-0.4, -0.2) is 42.8 Å². The van der Waals surface area contributed by atoms with E-state index in [0.29, 0.717) is 23.6 Å². The number of carbonyl (C=O) groups excluding carboxylic acids is 2. The maximum absolute atomic E-state index is 12.4. The molecule has 27 heavy (non-hydrogen) atoms. The lowest BCUT2D eigenvalue weighted by Gasteiger charge is -2.35. The molecule has 1 aromatic rings.